The average molecular weight is 319 g/mol. The summed E-state index contributed by atoms with van der Waals surface area (Å²) in [5.41, 5.74) is 1.04. The Morgan fingerprint density at radius 2 is 2.00 bits per heavy atom. The number of hydrogen-bond acceptors (Lipinski definition) is 4. The van der Waals surface area contributed by atoms with Crippen molar-refractivity contribution in [3.8, 4) is 0 Å². The summed E-state index contributed by atoms with van der Waals surface area (Å²) >= 11 is 1.36. The van der Waals surface area contributed by atoms with Crippen molar-refractivity contribution in [1.82, 2.24) is 10.0 Å². The molecule has 4 nitrogen and oxygen atoms in total. The first-order chi connectivity index (χ1) is 9.44. The highest BCUT2D eigenvalue weighted by Crippen LogP contribution is 2.26. The van der Waals surface area contributed by atoms with Crippen molar-refractivity contribution in [1.29, 1.82) is 0 Å². The summed E-state index contributed by atoms with van der Waals surface area (Å²) in [6.45, 7) is 9.70. The van der Waals surface area contributed by atoms with Crippen molar-refractivity contribution in [3.63, 3.8) is 0 Å². The minimum atomic E-state index is -3.38. The predicted octanol–water partition coefficient (Wildman–Crippen LogP) is 3.02. The number of thiophene rings is 1. The molecule has 0 spiro atoms. The van der Waals surface area contributed by atoms with E-state index in [1.165, 1.54) is 11.3 Å². The average Bonchev–Trinajstić information content (AvgIpc) is 2.78. The van der Waals surface area contributed by atoms with Crippen LogP contribution >= 0.6 is 11.3 Å². The molecular formula is C14H26N2O2S2. The lowest BCUT2D eigenvalue weighted by atomic mass is 10.1. The molecule has 0 fully saturated rings. The number of rotatable bonds is 9. The third-order valence-corrected chi connectivity index (χ3v) is 6.48. The number of hydrogen-bond donors (Lipinski definition) is 2. The van der Waals surface area contributed by atoms with Gasteiger partial charge in [-0.1, -0.05) is 27.2 Å². The second-order valence-corrected chi connectivity index (χ2v) is 8.04. The van der Waals surface area contributed by atoms with E-state index in [0.29, 0.717) is 4.21 Å². The van der Waals surface area contributed by atoms with Crippen LogP contribution < -0.4 is 10.0 Å². The van der Waals surface area contributed by atoms with Crippen molar-refractivity contribution in [2.24, 2.45) is 0 Å². The summed E-state index contributed by atoms with van der Waals surface area (Å²) < 4.78 is 28.0. The largest absolute Gasteiger partial charge is 0.312 e. The molecule has 1 unspecified atom stereocenters. The Balaban J connectivity index is 2.86. The Hall–Kier alpha value is -0.430. The van der Waals surface area contributed by atoms with Gasteiger partial charge in [-0.05, 0) is 37.9 Å². The molecule has 0 saturated carbocycles. The van der Waals surface area contributed by atoms with Gasteiger partial charge >= 0.3 is 0 Å². The van der Waals surface area contributed by atoms with Gasteiger partial charge in [0.15, 0.2) is 0 Å². The summed E-state index contributed by atoms with van der Waals surface area (Å²) in [7, 11) is -3.38. The summed E-state index contributed by atoms with van der Waals surface area (Å²) in [6.07, 6.45) is 2.68. The molecule has 1 atom stereocenters. The molecule has 2 N–H and O–H groups in total. The first-order valence-electron chi connectivity index (χ1n) is 7.26. The van der Waals surface area contributed by atoms with Crippen molar-refractivity contribution in [3.05, 3.63) is 16.5 Å². The van der Waals surface area contributed by atoms with Crippen molar-refractivity contribution in [2.45, 2.75) is 63.8 Å². The standard InChI is InChI=1S/C14H26N2O2S2/c1-5-8-12(6-2)16-20(17,18)14-9-11(4)13(19-14)10-15-7-3/h9,12,15-16H,5-8,10H2,1-4H3. The zero-order valence-corrected chi connectivity index (χ0v) is 14.5. The van der Waals surface area contributed by atoms with Crippen LogP contribution in [0.5, 0.6) is 0 Å². The third-order valence-electron chi connectivity index (χ3n) is 3.25. The van der Waals surface area contributed by atoms with Crippen molar-refractivity contribution in [2.75, 3.05) is 6.54 Å². The molecule has 0 aliphatic heterocycles. The summed E-state index contributed by atoms with van der Waals surface area (Å²) in [5.74, 6) is 0. The highest BCUT2D eigenvalue weighted by Gasteiger charge is 2.21. The van der Waals surface area contributed by atoms with Gasteiger partial charge in [-0.15, -0.1) is 11.3 Å². The molecule has 1 rings (SSSR count). The highest BCUT2D eigenvalue weighted by atomic mass is 32.2. The molecule has 0 radical (unpaired) electrons. The maximum atomic E-state index is 12.4. The van der Waals surface area contributed by atoms with Gasteiger partial charge in [0.05, 0.1) is 0 Å². The lowest BCUT2D eigenvalue weighted by molar-refractivity contribution is 0.513. The molecule has 0 aromatic carbocycles. The van der Waals surface area contributed by atoms with Gasteiger partial charge in [0, 0.05) is 17.5 Å². The monoisotopic (exact) mass is 318 g/mol. The summed E-state index contributed by atoms with van der Waals surface area (Å²) in [4.78, 5) is 1.09. The van der Waals surface area contributed by atoms with Gasteiger partial charge in [-0.2, -0.15) is 0 Å². The minimum Gasteiger partial charge on any atom is -0.312 e. The Kier molecular flexibility index (Phi) is 7.15. The minimum absolute atomic E-state index is 0.0321. The van der Waals surface area contributed by atoms with E-state index < -0.39 is 10.0 Å². The Morgan fingerprint density at radius 1 is 1.30 bits per heavy atom. The van der Waals surface area contributed by atoms with Gasteiger partial charge in [0.1, 0.15) is 4.21 Å². The van der Waals surface area contributed by atoms with Crippen molar-refractivity contribution < 1.29 is 8.42 Å². The van der Waals surface area contributed by atoms with Crippen LogP contribution in [0, 0.1) is 6.92 Å². The molecule has 20 heavy (non-hydrogen) atoms. The summed E-state index contributed by atoms with van der Waals surface area (Å²) in [5, 5.41) is 3.24. The molecule has 116 valence electrons. The zero-order valence-electron chi connectivity index (χ0n) is 12.8. The summed E-state index contributed by atoms with van der Waals surface area (Å²) in [6, 6.07) is 1.81. The van der Waals surface area contributed by atoms with Crippen LogP contribution in [0.1, 0.15) is 50.5 Å². The van der Waals surface area contributed by atoms with E-state index in [-0.39, 0.29) is 6.04 Å². The molecular weight excluding hydrogens is 292 g/mol. The van der Waals surface area contributed by atoms with E-state index in [9.17, 15) is 8.42 Å². The van der Waals surface area contributed by atoms with Crippen molar-refractivity contribution >= 4 is 21.4 Å². The van der Waals surface area contributed by atoms with E-state index in [1.54, 1.807) is 6.07 Å². The lowest BCUT2D eigenvalue weighted by Crippen LogP contribution is -2.33. The molecule has 6 heteroatoms. The topological polar surface area (TPSA) is 58.2 Å². The molecule has 1 heterocycles. The van der Waals surface area contributed by atoms with Crippen LogP contribution in [0.3, 0.4) is 0 Å². The molecule has 0 bridgehead atoms. The van der Waals surface area contributed by atoms with Crippen LogP contribution in [-0.2, 0) is 16.6 Å². The fraction of sp³-hybridized carbons (Fsp3) is 0.714. The van der Waals surface area contributed by atoms with E-state index in [0.717, 1.165) is 42.8 Å². The fourth-order valence-electron chi connectivity index (χ4n) is 2.01. The Bertz CT molecular complexity index is 509. The van der Waals surface area contributed by atoms with E-state index >= 15 is 0 Å². The normalized spacial score (nSPS) is 13.6. The number of nitrogens with one attached hydrogen (secondary N) is 2. The fourth-order valence-corrected chi connectivity index (χ4v) is 4.94. The van der Waals surface area contributed by atoms with Crippen LogP contribution in [0.4, 0.5) is 0 Å². The molecule has 0 amide bonds. The van der Waals surface area contributed by atoms with Crippen LogP contribution in [0.15, 0.2) is 10.3 Å². The molecule has 1 aromatic heterocycles. The van der Waals surface area contributed by atoms with Gasteiger partial charge in [0.2, 0.25) is 10.0 Å². The zero-order chi connectivity index (χ0) is 15.2. The Labute approximate surface area is 127 Å². The quantitative estimate of drug-likeness (QED) is 0.736. The second kappa shape index (κ2) is 8.12. The van der Waals surface area contributed by atoms with Gasteiger partial charge < -0.3 is 5.32 Å². The number of sulfonamides is 1. The molecule has 1 aromatic rings. The van der Waals surface area contributed by atoms with Crippen LogP contribution in [0.25, 0.3) is 0 Å². The third kappa shape index (κ3) is 4.84. The van der Waals surface area contributed by atoms with E-state index in [2.05, 4.69) is 17.0 Å². The smallest absolute Gasteiger partial charge is 0.250 e. The van der Waals surface area contributed by atoms with Gasteiger partial charge in [-0.25, -0.2) is 13.1 Å². The van der Waals surface area contributed by atoms with Crippen LogP contribution in [-0.4, -0.2) is 21.0 Å². The highest BCUT2D eigenvalue weighted by molar-refractivity contribution is 7.91. The molecule has 0 aliphatic rings. The Morgan fingerprint density at radius 3 is 2.55 bits per heavy atom. The van der Waals surface area contributed by atoms with E-state index in [1.807, 2.05) is 20.8 Å². The van der Waals surface area contributed by atoms with E-state index in [4.69, 9.17) is 0 Å². The second-order valence-electron chi connectivity index (χ2n) is 4.97. The molecule has 0 aliphatic carbocycles. The van der Waals surface area contributed by atoms with Crippen LogP contribution in [0.2, 0.25) is 0 Å². The van der Waals surface area contributed by atoms with Gasteiger partial charge in [-0.3, -0.25) is 0 Å². The maximum absolute atomic E-state index is 12.4. The first kappa shape index (κ1) is 17.6. The number of aryl methyl sites for hydroxylation is 1. The first-order valence-corrected chi connectivity index (χ1v) is 9.56. The predicted molar refractivity (Wildman–Crippen MR) is 85.7 cm³/mol. The lowest BCUT2D eigenvalue weighted by Gasteiger charge is -2.15. The molecule has 0 saturated heterocycles. The van der Waals surface area contributed by atoms with Gasteiger partial charge in [0.25, 0.3) is 0 Å². The maximum Gasteiger partial charge on any atom is 0.250 e. The SMILES string of the molecule is CCCC(CC)NS(=O)(=O)c1cc(C)c(CNCC)s1.